The third-order valence-electron chi connectivity index (χ3n) is 3.81. The number of anilines is 1. The molecular formula is C18H14BrN3OS. The highest BCUT2D eigenvalue weighted by Gasteiger charge is 2.15. The number of hydrogen-bond donors (Lipinski definition) is 1. The number of carbonyl (C=O) groups is 1. The molecule has 3 aromatic rings. The number of nitrogens with one attached hydrogen (secondary N) is 1. The summed E-state index contributed by atoms with van der Waals surface area (Å²) in [5.74, 6) is 0.960. The van der Waals surface area contributed by atoms with Gasteiger partial charge in [-0.25, -0.2) is 4.98 Å². The Kier molecular flexibility index (Phi) is 4.16. The molecule has 24 heavy (non-hydrogen) atoms. The van der Waals surface area contributed by atoms with Gasteiger partial charge < -0.3 is 9.88 Å². The molecule has 0 spiro atoms. The Bertz CT molecular complexity index is 901. The van der Waals surface area contributed by atoms with E-state index in [4.69, 9.17) is 0 Å². The average Bonchev–Trinajstić information content (AvgIpc) is 3.17. The average molecular weight is 400 g/mol. The molecule has 120 valence electrons. The predicted molar refractivity (Wildman–Crippen MR) is 100 cm³/mol. The molecule has 1 aliphatic rings. The summed E-state index contributed by atoms with van der Waals surface area (Å²) in [6.07, 6.45) is 2.07. The number of benzene rings is 2. The van der Waals surface area contributed by atoms with Gasteiger partial charge in [0.2, 0.25) is 0 Å². The van der Waals surface area contributed by atoms with E-state index in [0.29, 0.717) is 5.56 Å². The number of carbonyl (C=O) groups excluding carboxylic acids is 1. The van der Waals surface area contributed by atoms with E-state index in [1.54, 1.807) is 23.9 Å². The highest BCUT2D eigenvalue weighted by Crippen LogP contribution is 2.30. The third kappa shape index (κ3) is 3.12. The van der Waals surface area contributed by atoms with Crippen molar-refractivity contribution in [3.63, 3.8) is 0 Å². The number of hydrogen-bond acceptors (Lipinski definition) is 3. The van der Waals surface area contributed by atoms with E-state index in [-0.39, 0.29) is 5.91 Å². The first kappa shape index (κ1) is 15.5. The van der Waals surface area contributed by atoms with Crippen molar-refractivity contribution in [3.05, 3.63) is 64.8 Å². The lowest BCUT2D eigenvalue weighted by Crippen LogP contribution is -2.11. The van der Waals surface area contributed by atoms with Gasteiger partial charge in [-0.15, -0.1) is 0 Å². The van der Waals surface area contributed by atoms with Gasteiger partial charge in [0.05, 0.1) is 5.69 Å². The lowest BCUT2D eigenvalue weighted by molar-refractivity contribution is 0.102. The maximum absolute atomic E-state index is 12.4. The largest absolute Gasteiger partial charge is 0.325 e. The molecule has 1 amide bonds. The Balaban J connectivity index is 1.57. The molecule has 1 N–H and O–H groups in total. The molecule has 4 nitrogen and oxygen atoms in total. The first-order valence-electron chi connectivity index (χ1n) is 7.56. The molecule has 0 aliphatic carbocycles. The second-order valence-corrected chi connectivity index (χ2v) is 7.47. The van der Waals surface area contributed by atoms with Crippen molar-refractivity contribution < 1.29 is 4.79 Å². The van der Waals surface area contributed by atoms with Gasteiger partial charge in [-0.2, -0.15) is 0 Å². The predicted octanol–water partition coefficient (Wildman–Crippen LogP) is 4.67. The van der Waals surface area contributed by atoms with Crippen LogP contribution in [0.4, 0.5) is 5.69 Å². The summed E-state index contributed by atoms with van der Waals surface area (Å²) in [4.78, 5) is 17.0. The molecule has 1 aliphatic heterocycles. The van der Waals surface area contributed by atoms with Gasteiger partial charge in [0.25, 0.3) is 5.91 Å². The van der Waals surface area contributed by atoms with Gasteiger partial charge in [0.1, 0.15) is 0 Å². The van der Waals surface area contributed by atoms with Gasteiger partial charge in [-0.05, 0) is 30.3 Å². The SMILES string of the molecule is O=C(Nc1cccc(-c2cn3c(n2)SCC3)c1)c1cccc(Br)c1. The summed E-state index contributed by atoms with van der Waals surface area (Å²) in [7, 11) is 0. The Hall–Kier alpha value is -2.05. The molecule has 0 radical (unpaired) electrons. The van der Waals surface area contributed by atoms with Crippen LogP contribution in [0, 0.1) is 0 Å². The number of aryl methyl sites for hydroxylation is 1. The number of imidazole rings is 1. The number of aromatic nitrogens is 2. The van der Waals surface area contributed by atoms with Crippen molar-refractivity contribution in [1.29, 1.82) is 0 Å². The molecule has 0 saturated heterocycles. The van der Waals surface area contributed by atoms with Gasteiger partial charge in [0.15, 0.2) is 5.16 Å². The maximum Gasteiger partial charge on any atom is 0.255 e. The fourth-order valence-corrected chi connectivity index (χ4v) is 3.98. The van der Waals surface area contributed by atoms with E-state index in [1.807, 2.05) is 36.4 Å². The fraction of sp³-hybridized carbons (Fsp3) is 0.111. The maximum atomic E-state index is 12.4. The number of amides is 1. The number of fused-ring (bicyclic) bond motifs is 1. The van der Waals surface area contributed by atoms with Gasteiger partial charge in [-0.3, -0.25) is 4.79 Å². The summed E-state index contributed by atoms with van der Waals surface area (Å²) in [5.41, 5.74) is 3.32. The molecule has 0 bridgehead atoms. The smallest absolute Gasteiger partial charge is 0.255 e. The second-order valence-electron chi connectivity index (χ2n) is 5.50. The summed E-state index contributed by atoms with van der Waals surface area (Å²) < 4.78 is 3.06. The number of thioether (sulfide) groups is 1. The normalized spacial score (nSPS) is 12.9. The monoisotopic (exact) mass is 399 g/mol. The molecule has 1 aromatic heterocycles. The molecule has 0 fully saturated rings. The first-order chi connectivity index (χ1) is 11.7. The Morgan fingerprint density at radius 3 is 2.92 bits per heavy atom. The van der Waals surface area contributed by atoms with Crippen LogP contribution in [0.5, 0.6) is 0 Å². The first-order valence-corrected chi connectivity index (χ1v) is 9.34. The molecule has 0 atom stereocenters. The van der Waals surface area contributed by atoms with Crippen LogP contribution in [0.25, 0.3) is 11.3 Å². The molecule has 4 rings (SSSR count). The van der Waals surface area contributed by atoms with Crippen LogP contribution in [-0.2, 0) is 6.54 Å². The Labute approximate surface area is 152 Å². The molecule has 6 heteroatoms. The van der Waals surface area contributed by atoms with Crippen molar-refractivity contribution in [2.45, 2.75) is 11.7 Å². The summed E-state index contributed by atoms with van der Waals surface area (Å²) in [6, 6.07) is 15.1. The minimum atomic E-state index is -0.128. The zero-order valence-corrected chi connectivity index (χ0v) is 15.1. The minimum Gasteiger partial charge on any atom is -0.325 e. The van der Waals surface area contributed by atoms with Crippen LogP contribution < -0.4 is 5.32 Å². The quantitative estimate of drug-likeness (QED) is 0.695. The Morgan fingerprint density at radius 2 is 2.08 bits per heavy atom. The topological polar surface area (TPSA) is 46.9 Å². The summed E-state index contributed by atoms with van der Waals surface area (Å²) in [5, 5.41) is 4.01. The highest BCUT2D eigenvalue weighted by atomic mass is 79.9. The van der Waals surface area contributed by atoms with Crippen LogP contribution in [-0.4, -0.2) is 21.2 Å². The van der Waals surface area contributed by atoms with E-state index in [9.17, 15) is 4.79 Å². The van der Waals surface area contributed by atoms with Crippen molar-refractivity contribution in [1.82, 2.24) is 9.55 Å². The van der Waals surface area contributed by atoms with Crippen molar-refractivity contribution in [2.24, 2.45) is 0 Å². The summed E-state index contributed by atoms with van der Waals surface area (Å²) in [6.45, 7) is 1.01. The van der Waals surface area contributed by atoms with Gasteiger partial charge in [-0.1, -0.05) is 45.9 Å². The number of halogens is 1. The highest BCUT2D eigenvalue weighted by molar-refractivity contribution is 9.10. The van der Waals surface area contributed by atoms with Crippen molar-refractivity contribution in [3.8, 4) is 11.3 Å². The van der Waals surface area contributed by atoms with Crippen LogP contribution in [0.15, 0.2) is 64.4 Å². The Morgan fingerprint density at radius 1 is 1.21 bits per heavy atom. The lowest BCUT2D eigenvalue weighted by atomic mass is 10.1. The minimum absolute atomic E-state index is 0.128. The second kappa shape index (κ2) is 6.45. The van der Waals surface area contributed by atoms with Crippen LogP contribution >= 0.6 is 27.7 Å². The van der Waals surface area contributed by atoms with Gasteiger partial charge in [0, 0.05) is 39.8 Å². The molecule has 0 unspecified atom stereocenters. The number of rotatable bonds is 3. The molecular weight excluding hydrogens is 386 g/mol. The molecule has 0 saturated carbocycles. The van der Waals surface area contributed by atoms with E-state index in [0.717, 1.165) is 38.9 Å². The lowest BCUT2D eigenvalue weighted by Gasteiger charge is -2.07. The van der Waals surface area contributed by atoms with E-state index < -0.39 is 0 Å². The zero-order valence-electron chi connectivity index (χ0n) is 12.7. The van der Waals surface area contributed by atoms with Crippen molar-refractivity contribution in [2.75, 3.05) is 11.1 Å². The van der Waals surface area contributed by atoms with Crippen molar-refractivity contribution >= 4 is 39.3 Å². The third-order valence-corrected chi connectivity index (χ3v) is 5.27. The number of nitrogens with zero attached hydrogens (tertiary/aromatic N) is 2. The van der Waals surface area contributed by atoms with Crippen LogP contribution in [0.2, 0.25) is 0 Å². The molecule has 2 heterocycles. The fourth-order valence-electron chi connectivity index (χ4n) is 2.64. The van der Waals surface area contributed by atoms with Gasteiger partial charge >= 0.3 is 0 Å². The summed E-state index contributed by atoms with van der Waals surface area (Å²) >= 11 is 5.16. The van der Waals surface area contributed by atoms with E-state index >= 15 is 0 Å². The van der Waals surface area contributed by atoms with Crippen LogP contribution in [0.3, 0.4) is 0 Å². The van der Waals surface area contributed by atoms with Crippen LogP contribution in [0.1, 0.15) is 10.4 Å². The zero-order chi connectivity index (χ0) is 16.5. The standard InChI is InChI=1S/C18H14BrN3OS/c19-14-5-1-4-13(9-14)17(23)20-15-6-2-3-12(10-15)16-11-22-7-8-24-18(22)21-16/h1-6,9-11H,7-8H2,(H,20,23). The van der Waals surface area contributed by atoms with E-state index in [1.165, 1.54) is 0 Å². The van der Waals surface area contributed by atoms with E-state index in [2.05, 4.69) is 37.0 Å². The molecule has 2 aromatic carbocycles.